The lowest BCUT2D eigenvalue weighted by Crippen LogP contribution is -2.35. The third-order valence-electron chi connectivity index (χ3n) is 4.70. The van der Waals surface area contributed by atoms with Crippen LogP contribution in [-0.4, -0.2) is 10.5 Å². The molecule has 1 aliphatic carbocycles. The molecular formula is C18H32N2O. The number of nitrogens with one attached hydrogen (secondary N) is 1. The zero-order valence-corrected chi connectivity index (χ0v) is 14.6. The zero-order valence-electron chi connectivity index (χ0n) is 14.6. The van der Waals surface area contributed by atoms with E-state index in [1.165, 1.54) is 25.7 Å². The topological polar surface area (TPSA) is 38.1 Å². The van der Waals surface area contributed by atoms with Crippen LogP contribution in [0.4, 0.5) is 0 Å². The summed E-state index contributed by atoms with van der Waals surface area (Å²) < 4.78 is 5.97. The van der Waals surface area contributed by atoms with E-state index in [1.807, 2.05) is 6.20 Å². The lowest BCUT2D eigenvalue weighted by molar-refractivity contribution is 0.162. The van der Waals surface area contributed by atoms with Crippen LogP contribution in [0.2, 0.25) is 0 Å². The van der Waals surface area contributed by atoms with Gasteiger partial charge in [0.05, 0.1) is 12.7 Å². The maximum absolute atomic E-state index is 5.97. The number of aromatic nitrogens is 1. The van der Waals surface area contributed by atoms with Crippen molar-refractivity contribution in [3.8, 4) is 0 Å². The summed E-state index contributed by atoms with van der Waals surface area (Å²) >= 11 is 0. The van der Waals surface area contributed by atoms with Crippen LogP contribution in [-0.2, 0) is 6.54 Å². The molecule has 0 atom stereocenters. The molecule has 0 aliphatic heterocycles. The van der Waals surface area contributed by atoms with Gasteiger partial charge >= 0.3 is 0 Å². The van der Waals surface area contributed by atoms with Gasteiger partial charge in [-0.15, -0.1) is 0 Å². The van der Waals surface area contributed by atoms with Gasteiger partial charge in [0.25, 0.3) is 0 Å². The first-order valence-electron chi connectivity index (χ1n) is 8.35. The maximum atomic E-state index is 5.97. The molecule has 1 fully saturated rings. The Hall–Kier alpha value is -0.830. The van der Waals surface area contributed by atoms with E-state index in [0.717, 1.165) is 17.6 Å². The predicted octanol–water partition coefficient (Wildman–Crippen LogP) is 4.88. The molecule has 0 unspecified atom stereocenters. The van der Waals surface area contributed by atoms with Crippen LogP contribution in [0.1, 0.15) is 84.8 Å². The fourth-order valence-corrected chi connectivity index (χ4v) is 3.18. The highest BCUT2D eigenvalue weighted by molar-refractivity contribution is 5.04. The van der Waals surface area contributed by atoms with Gasteiger partial charge in [-0.05, 0) is 57.8 Å². The van der Waals surface area contributed by atoms with Crippen molar-refractivity contribution < 1.29 is 4.42 Å². The fraction of sp³-hybridized carbons (Fsp3) is 0.833. The first-order valence-corrected chi connectivity index (χ1v) is 8.35. The predicted molar refractivity (Wildman–Crippen MR) is 87.2 cm³/mol. The molecule has 0 saturated heterocycles. The second kappa shape index (κ2) is 6.12. The van der Waals surface area contributed by atoms with Crippen molar-refractivity contribution in [2.45, 2.75) is 85.2 Å². The maximum Gasteiger partial charge on any atom is 0.208 e. The van der Waals surface area contributed by atoms with Crippen molar-refractivity contribution >= 4 is 0 Å². The van der Waals surface area contributed by atoms with Gasteiger partial charge in [-0.3, -0.25) is 0 Å². The highest BCUT2D eigenvalue weighted by atomic mass is 16.4. The van der Waals surface area contributed by atoms with E-state index in [9.17, 15) is 0 Å². The Labute approximate surface area is 129 Å². The number of nitrogens with zero attached hydrogens (tertiary/aromatic N) is 1. The van der Waals surface area contributed by atoms with Gasteiger partial charge in [-0.25, -0.2) is 4.98 Å². The van der Waals surface area contributed by atoms with Crippen molar-refractivity contribution in [1.29, 1.82) is 0 Å². The summed E-state index contributed by atoms with van der Waals surface area (Å²) in [4.78, 5) is 4.43. The molecule has 1 saturated carbocycles. The van der Waals surface area contributed by atoms with Crippen molar-refractivity contribution in [1.82, 2.24) is 10.3 Å². The third kappa shape index (κ3) is 4.84. The monoisotopic (exact) mass is 292 g/mol. The summed E-state index contributed by atoms with van der Waals surface area (Å²) in [5.41, 5.74) is 0.535. The third-order valence-corrected chi connectivity index (χ3v) is 4.70. The van der Waals surface area contributed by atoms with Crippen molar-refractivity contribution in [3.05, 3.63) is 17.8 Å². The molecule has 21 heavy (non-hydrogen) atoms. The minimum absolute atomic E-state index is 0.0966. The van der Waals surface area contributed by atoms with Crippen molar-refractivity contribution in [2.24, 2.45) is 11.3 Å². The van der Waals surface area contributed by atoms with E-state index in [-0.39, 0.29) is 5.54 Å². The summed E-state index contributed by atoms with van der Waals surface area (Å²) in [5, 5.41) is 3.43. The summed E-state index contributed by atoms with van der Waals surface area (Å²) in [6.07, 6.45) is 7.04. The van der Waals surface area contributed by atoms with Crippen LogP contribution < -0.4 is 5.32 Å². The number of rotatable bonds is 3. The molecule has 1 aromatic rings. The number of hydrogen-bond acceptors (Lipinski definition) is 3. The Balaban J connectivity index is 1.88. The van der Waals surface area contributed by atoms with Gasteiger partial charge in [0.1, 0.15) is 5.76 Å². The van der Waals surface area contributed by atoms with E-state index in [2.05, 4.69) is 51.8 Å². The smallest absolute Gasteiger partial charge is 0.208 e. The highest BCUT2D eigenvalue weighted by Gasteiger charge is 2.31. The Bertz CT molecular complexity index is 443. The van der Waals surface area contributed by atoms with Gasteiger partial charge in [0.15, 0.2) is 0 Å². The van der Waals surface area contributed by atoms with Crippen molar-refractivity contribution in [3.63, 3.8) is 0 Å². The molecule has 1 N–H and O–H groups in total. The minimum Gasteiger partial charge on any atom is -0.444 e. The molecule has 1 aliphatic rings. The van der Waals surface area contributed by atoms with E-state index in [4.69, 9.17) is 4.42 Å². The Morgan fingerprint density at radius 1 is 1.10 bits per heavy atom. The Morgan fingerprint density at radius 3 is 2.24 bits per heavy atom. The SMILES string of the molecule is CC(C)(C)NCc1ncc(C2CCC(C(C)(C)C)CC2)o1. The van der Waals surface area contributed by atoms with Crippen LogP contribution in [0.25, 0.3) is 0 Å². The molecule has 2 rings (SSSR count). The van der Waals surface area contributed by atoms with Crippen molar-refractivity contribution in [2.75, 3.05) is 0 Å². The van der Waals surface area contributed by atoms with Gasteiger partial charge < -0.3 is 9.73 Å². The zero-order chi connectivity index (χ0) is 15.7. The van der Waals surface area contributed by atoms with Crippen LogP contribution >= 0.6 is 0 Å². The average Bonchev–Trinajstić information content (AvgIpc) is 2.83. The van der Waals surface area contributed by atoms with Gasteiger partial charge in [-0.2, -0.15) is 0 Å². The van der Waals surface area contributed by atoms with Crippen LogP contribution in [0.15, 0.2) is 10.6 Å². The quantitative estimate of drug-likeness (QED) is 0.862. The minimum atomic E-state index is 0.0966. The molecule has 1 heterocycles. The molecule has 1 aromatic heterocycles. The first-order chi connectivity index (χ1) is 9.65. The number of hydrogen-bond donors (Lipinski definition) is 1. The standard InChI is InChI=1S/C18H32N2O/c1-17(2,3)14-9-7-13(8-10-14)15-11-19-16(21-15)12-20-18(4,5)6/h11,13-14,20H,7-10,12H2,1-6H3. The first kappa shape index (κ1) is 16.5. The molecule has 0 aromatic carbocycles. The highest BCUT2D eigenvalue weighted by Crippen LogP contribution is 2.43. The summed E-state index contributed by atoms with van der Waals surface area (Å²) in [6, 6.07) is 0. The normalized spacial score (nSPS) is 24.3. The molecular weight excluding hydrogens is 260 g/mol. The molecule has 120 valence electrons. The van der Waals surface area contributed by atoms with E-state index < -0.39 is 0 Å². The van der Waals surface area contributed by atoms with Crippen LogP contribution in [0, 0.1) is 11.3 Å². The van der Waals surface area contributed by atoms with E-state index in [0.29, 0.717) is 17.9 Å². The fourth-order valence-electron chi connectivity index (χ4n) is 3.18. The molecule has 3 nitrogen and oxygen atoms in total. The van der Waals surface area contributed by atoms with Gasteiger partial charge in [-0.1, -0.05) is 20.8 Å². The number of oxazole rings is 1. The molecule has 3 heteroatoms. The lowest BCUT2D eigenvalue weighted by Gasteiger charge is -2.36. The average molecular weight is 292 g/mol. The van der Waals surface area contributed by atoms with E-state index in [1.54, 1.807) is 0 Å². The summed E-state index contributed by atoms with van der Waals surface area (Å²) in [7, 11) is 0. The van der Waals surface area contributed by atoms with Gasteiger partial charge in [0.2, 0.25) is 5.89 Å². The summed E-state index contributed by atoms with van der Waals surface area (Å²) in [6.45, 7) is 14.3. The molecule has 0 bridgehead atoms. The molecule has 0 spiro atoms. The van der Waals surface area contributed by atoms with Crippen LogP contribution in [0.5, 0.6) is 0 Å². The second-order valence-corrected chi connectivity index (χ2v) is 8.67. The van der Waals surface area contributed by atoms with Gasteiger partial charge in [0, 0.05) is 11.5 Å². The largest absolute Gasteiger partial charge is 0.444 e. The molecule has 0 amide bonds. The Morgan fingerprint density at radius 2 is 1.71 bits per heavy atom. The molecule has 0 radical (unpaired) electrons. The van der Waals surface area contributed by atoms with Crippen LogP contribution in [0.3, 0.4) is 0 Å². The summed E-state index contributed by atoms with van der Waals surface area (Å²) in [5.74, 6) is 3.32. The Kier molecular flexibility index (Phi) is 4.82. The lowest BCUT2D eigenvalue weighted by atomic mass is 9.69. The van der Waals surface area contributed by atoms with E-state index >= 15 is 0 Å². The second-order valence-electron chi connectivity index (χ2n) is 8.67.